The summed E-state index contributed by atoms with van der Waals surface area (Å²) in [6.07, 6.45) is 0.213. The van der Waals surface area contributed by atoms with E-state index in [1.165, 1.54) is 6.92 Å². The minimum Gasteiger partial charge on any atom is -0.446 e. The van der Waals surface area contributed by atoms with E-state index in [4.69, 9.17) is 14.2 Å². The molecule has 0 aromatic carbocycles. The summed E-state index contributed by atoms with van der Waals surface area (Å²) in [6.45, 7) is 10.6. The highest BCUT2D eigenvalue weighted by Crippen LogP contribution is 2.43. The van der Waals surface area contributed by atoms with Crippen LogP contribution in [0.1, 0.15) is 54.9 Å². The lowest BCUT2D eigenvalue weighted by Crippen LogP contribution is -2.73. The lowest BCUT2D eigenvalue weighted by Gasteiger charge is -2.52. The van der Waals surface area contributed by atoms with E-state index in [0.717, 1.165) is 4.90 Å². The largest absolute Gasteiger partial charge is 0.446 e. The first-order valence-electron chi connectivity index (χ1n) is 8.52. The number of carbonyl (C=O) groups is 4. The van der Waals surface area contributed by atoms with Crippen LogP contribution in [0.5, 0.6) is 0 Å². The molecule has 1 amide bonds. The van der Waals surface area contributed by atoms with Gasteiger partial charge in [0.2, 0.25) is 12.4 Å². The second-order valence-electron chi connectivity index (χ2n) is 7.47. The second kappa shape index (κ2) is 8.33. The van der Waals surface area contributed by atoms with Crippen LogP contribution in [0.3, 0.4) is 0 Å². The van der Waals surface area contributed by atoms with Crippen molar-refractivity contribution in [3.8, 4) is 0 Å². The van der Waals surface area contributed by atoms with Gasteiger partial charge in [0, 0.05) is 6.92 Å². The average molecular weight is 401 g/mol. The lowest BCUT2D eigenvalue weighted by atomic mass is 9.87. The molecule has 0 aromatic heterocycles. The van der Waals surface area contributed by atoms with E-state index < -0.39 is 47.0 Å². The number of β-lactam (4-membered cyclic amide) rings is 1. The molecular weight excluding hydrogens is 374 g/mol. The van der Waals surface area contributed by atoms with E-state index in [9.17, 15) is 19.2 Å². The minimum absolute atomic E-state index is 0.0250. The molecule has 0 spiro atoms. The fourth-order valence-corrected chi connectivity index (χ4v) is 3.08. The lowest BCUT2D eigenvalue weighted by molar-refractivity contribution is -0.196. The molecule has 1 fully saturated rings. The average Bonchev–Trinajstić information content (AvgIpc) is 2.54. The monoisotopic (exact) mass is 401 g/mol. The number of ether oxygens (including phenoxy) is 3. The standard InChI is InChI=1S/C18H27NO7S/c1-8-18(26-11(4)20)14(22)19(15(18)27)12(10(2)3)13(21)24-9-25-16(23)17(5,6)7/h15,27H,8-9H2,1-7H3/t15-,18-/m1/s1. The molecule has 27 heavy (non-hydrogen) atoms. The quantitative estimate of drug-likeness (QED) is 0.239. The van der Waals surface area contributed by atoms with Crippen LogP contribution >= 0.6 is 12.6 Å². The Morgan fingerprint density at radius 1 is 1.15 bits per heavy atom. The topological polar surface area (TPSA) is 99.2 Å². The van der Waals surface area contributed by atoms with Gasteiger partial charge in [-0.25, -0.2) is 4.79 Å². The van der Waals surface area contributed by atoms with Gasteiger partial charge in [-0.1, -0.05) is 6.92 Å². The summed E-state index contributed by atoms with van der Waals surface area (Å²) in [5.41, 5.74) is -1.68. The number of nitrogens with zero attached hydrogens (tertiary/aromatic N) is 1. The van der Waals surface area contributed by atoms with Gasteiger partial charge in [-0.05, 0) is 46.6 Å². The molecular formula is C18H27NO7S. The molecule has 0 aromatic rings. The molecule has 0 aliphatic carbocycles. The van der Waals surface area contributed by atoms with E-state index in [2.05, 4.69) is 12.6 Å². The highest BCUT2D eigenvalue weighted by molar-refractivity contribution is 7.81. The maximum absolute atomic E-state index is 12.7. The number of amides is 1. The van der Waals surface area contributed by atoms with Crippen molar-refractivity contribution >= 4 is 36.4 Å². The molecule has 0 N–H and O–H groups in total. The molecule has 152 valence electrons. The van der Waals surface area contributed by atoms with Crippen LogP contribution in [0.15, 0.2) is 11.3 Å². The van der Waals surface area contributed by atoms with Gasteiger partial charge in [0.25, 0.3) is 5.91 Å². The first kappa shape index (κ1) is 23.0. The predicted molar refractivity (Wildman–Crippen MR) is 99.3 cm³/mol. The molecule has 0 radical (unpaired) electrons. The maximum Gasteiger partial charge on any atom is 0.357 e. The number of likely N-dealkylation sites (tertiary alicyclic amines) is 1. The van der Waals surface area contributed by atoms with Crippen LogP contribution in [0, 0.1) is 5.41 Å². The van der Waals surface area contributed by atoms with E-state index >= 15 is 0 Å². The number of hydrogen-bond donors (Lipinski definition) is 1. The Bertz CT molecular complexity index is 676. The van der Waals surface area contributed by atoms with Gasteiger partial charge in [-0.15, -0.1) is 12.6 Å². The van der Waals surface area contributed by atoms with Gasteiger partial charge in [0.1, 0.15) is 11.1 Å². The summed E-state index contributed by atoms with van der Waals surface area (Å²) in [5.74, 6) is -2.53. The third-order valence-corrected chi connectivity index (χ3v) is 4.64. The molecule has 9 heteroatoms. The van der Waals surface area contributed by atoms with Crippen molar-refractivity contribution in [3.05, 3.63) is 11.3 Å². The Labute approximate surface area is 164 Å². The van der Waals surface area contributed by atoms with Crippen molar-refractivity contribution in [3.63, 3.8) is 0 Å². The molecule has 0 saturated carbocycles. The first-order valence-corrected chi connectivity index (χ1v) is 9.04. The van der Waals surface area contributed by atoms with Crippen LogP contribution < -0.4 is 0 Å². The number of esters is 3. The summed E-state index contributed by atoms with van der Waals surface area (Å²) in [6, 6.07) is 0. The van der Waals surface area contributed by atoms with Crippen LogP contribution in [0.25, 0.3) is 0 Å². The van der Waals surface area contributed by atoms with Gasteiger partial charge in [-0.2, -0.15) is 0 Å². The molecule has 8 nitrogen and oxygen atoms in total. The van der Waals surface area contributed by atoms with Crippen LogP contribution in [-0.2, 0) is 33.4 Å². The van der Waals surface area contributed by atoms with Crippen LogP contribution in [0.2, 0.25) is 0 Å². The normalized spacial score (nSPS) is 21.9. The van der Waals surface area contributed by atoms with Crippen molar-refractivity contribution in [2.45, 2.75) is 65.9 Å². The van der Waals surface area contributed by atoms with Gasteiger partial charge in [0.15, 0.2) is 0 Å². The van der Waals surface area contributed by atoms with Gasteiger partial charge < -0.3 is 14.2 Å². The summed E-state index contributed by atoms with van der Waals surface area (Å²) in [4.78, 5) is 49.4. The van der Waals surface area contributed by atoms with Crippen molar-refractivity contribution in [2.24, 2.45) is 5.41 Å². The molecule has 1 heterocycles. The molecule has 1 aliphatic heterocycles. The Kier molecular flexibility index (Phi) is 7.10. The highest BCUT2D eigenvalue weighted by atomic mass is 32.1. The number of rotatable bonds is 6. The third kappa shape index (κ3) is 4.63. The number of carbonyl (C=O) groups excluding carboxylic acids is 4. The second-order valence-corrected chi connectivity index (χ2v) is 7.95. The third-order valence-electron chi connectivity index (χ3n) is 3.99. The SMILES string of the molecule is CC[C@@]1(OC(C)=O)C(=O)N(C(C(=O)OCOC(=O)C(C)(C)C)=C(C)C)[C@@H]1S. The fraction of sp³-hybridized carbons (Fsp3) is 0.667. The first-order chi connectivity index (χ1) is 12.3. The highest BCUT2D eigenvalue weighted by Gasteiger charge is 2.63. The van der Waals surface area contributed by atoms with Crippen molar-refractivity contribution < 1.29 is 33.4 Å². The fourth-order valence-electron chi connectivity index (χ4n) is 2.52. The smallest absolute Gasteiger partial charge is 0.357 e. The Balaban J connectivity index is 2.91. The van der Waals surface area contributed by atoms with Crippen molar-refractivity contribution in [1.82, 2.24) is 4.90 Å². The van der Waals surface area contributed by atoms with Crippen molar-refractivity contribution in [1.29, 1.82) is 0 Å². The molecule has 2 atom stereocenters. The Morgan fingerprint density at radius 3 is 2.07 bits per heavy atom. The molecule has 1 rings (SSSR count). The zero-order valence-corrected chi connectivity index (χ0v) is 17.6. The summed E-state index contributed by atoms with van der Waals surface area (Å²) in [5, 5.41) is -0.839. The van der Waals surface area contributed by atoms with Crippen molar-refractivity contribution in [2.75, 3.05) is 6.79 Å². The van der Waals surface area contributed by atoms with E-state index in [0.29, 0.717) is 5.57 Å². The van der Waals surface area contributed by atoms with E-state index in [1.807, 2.05) is 0 Å². The Hall–Kier alpha value is -2.03. The maximum atomic E-state index is 12.7. The zero-order valence-electron chi connectivity index (χ0n) is 16.7. The van der Waals surface area contributed by atoms with Gasteiger partial charge >= 0.3 is 17.9 Å². The number of thiol groups is 1. The van der Waals surface area contributed by atoms with Crippen LogP contribution in [-0.4, -0.2) is 46.5 Å². The van der Waals surface area contributed by atoms with E-state index in [-0.39, 0.29) is 12.1 Å². The summed E-state index contributed by atoms with van der Waals surface area (Å²) in [7, 11) is 0. The summed E-state index contributed by atoms with van der Waals surface area (Å²) < 4.78 is 15.1. The van der Waals surface area contributed by atoms with Gasteiger partial charge in [0.05, 0.1) is 5.41 Å². The van der Waals surface area contributed by atoms with E-state index in [1.54, 1.807) is 41.5 Å². The molecule has 1 aliphatic rings. The zero-order chi connectivity index (χ0) is 21.2. The molecule has 0 bridgehead atoms. The number of allylic oxidation sites excluding steroid dienone is 1. The van der Waals surface area contributed by atoms with Gasteiger partial charge in [-0.3, -0.25) is 19.3 Å². The van der Waals surface area contributed by atoms with Crippen LogP contribution in [0.4, 0.5) is 0 Å². The summed E-state index contributed by atoms with van der Waals surface area (Å²) >= 11 is 4.37. The minimum atomic E-state index is -1.42. The molecule has 1 saturated heterocycles. The Morgan fingerprint density at radius 2 is 1.70 bits per heavy atom. The molecule has 0 unspecified atom stereocenters. The number of hydrogen-bond acceptors (Lipinski definition) is 8. The predicted octanol–water partition coefficient (Wildman–Crippen LogP) is 2.18.